The summed E-state index contributed by atoms with van der Waals surface area (Å²) in [5, 5.41) is 21.5. The Morgan fingerprint density at radius 1 is 0.756 bits per heavy atom. The summed E-state index contributed by atoms with van der Waals surface area (Å²) in [4.78, 5) is 29.9. The van der Waals surface area contributed by atoms with Crippen LogP contribution in [0.3, 0.4) is 0 Å². The predicted octanol–water partition coefficient (Wildman–Crippen LogP) is 8.73. The van der Waals surface area contributed by atoms with Crippen molar-refractivity contribution in [3.8, 4) is 11.4 Å². The zero-order valence-corrected chi connectivity index (χ0v) is 28.2. The Kier molecular flexibility index (Phi) is 7.27. The number of aromatic nitrogens is 3. The zero-order chi connectivity index (χ0) is 32.5. The maximum atomic E-state index is 13.8. The van der Waals surface area contributed by atoms with Crippen LogP contribution in [-0.4, -0.2) is 31.9 Å². The molecule has 0 radical (unpaired) electrons. The first-order chi connectivity index (χ1) is 21.1. The largest absolute Gasteiger partial charge is 0.505 e. The van der Waals surface area contributed by atoms with E-state index in [-0.39, 0.29) is 27.7 Å². The molecule has 7 nitrogen and oxygen atoms in total. The highest BCUT2D eigenvalue weighted by atomic mass is 79.9. The average molecular weight is 666 g/mol. The molecule has 0 spiro atoms. The third-order valence-corrected chi connectivity index (χ3v) is 9.33. The van der Waals surface area contributed by atoms with Crippen molar-refractivity contribution in [1.82, 2.24) is 15.0 Å². The lowest BCUT2D eigenvalue weighted by Crippen LogP contribution is -2.29. The average Bonchev–Trinajstić information content (AvgIpc) is 3.50. The smallest absolute Gasteiger partial charge is 0.268 e. The summed E-state index contributed by atoms with van der Waals surface area (Å²) in [5.74, 6) is -0.830. The molecule has 1 aromatic heterocycles. The van der Waals surface area contributed by atoms with Gasteiger partial charge in [-0.2, -0.15) is 0 Å². The predicted molar refractivity (Wildman–Crippen MR) is 181 cm³/mol. The Morgan fingerprint density at radius 2 is 1.36 bits per heavy atom. The second-order valence-electron chi connectivity index (χ2n) is 14.3. The number of halogens is 1. The summed E-state index contributed by atoms with van der Waals surface area (Å²) in [6.45, 7) is 15.3. The molecule has 0 bridgehead atoms. The number of anilines is 1. The Balaban J connectivity index is 1.57. The monoisotopic (exact) mass is 664 g/mol. The van der Waals surface area contributed by atoms with E-state index in [4.69, 9.17) is 10.2 Å². The van der Waals surface area contributed by atoms with Crippen LogP contribution in [0.4, 0.5) is 5.69 Å². The number of benzene rings is 4. The van der Waals surface area contributed by atoms with Gasteiger partial charge in [-0.05, 0) is 68.6 Å². The van der Waals surface area contributed by atoms with E-state index in [1.165, 1.54) is 9.70 Å². The number of rotatable bonds is 6. The third kappa shape index (κ3) is 5.25. The summed E-state index contributed by atoms with van der Waals surface area (Å²) < 4.78 is 0.462. The van der Waals surface area contributed by atoms with Crippen molar-refractivity contribution in [2.45, 2.75) is 65.7 Å². The number of phenolic OH excluding ortho intramolecular Hbond substituents is 1. The molecule has 0 fully saturated rings. The van der Waals surface area contributed by atoms with Crippen molar-refractivity contribution >= 4 is 44.5 Å². The molecule has 45 heavy (non-hydrogen) atoms. The fourth-order valence-electron chi connectivity index (χ4n) is 6.75. The van der Waals surface area contributed by atoms with Gasteiger partial charge in [-0.1, -0.05) is 103 Å². The van der Waals surface area contributed by atoms with Gasteiger partial charge in [0.25, 0.3) is 11.8 Å². The minimum Gasteiger partial charge on any atom is -0.505 e. The first-order valence-corrected chi connectivity index (χ1v) is 15.9. The zero-order valence-electron chi connectivity index (χ0n) is 26.6. The number of nitrogens with zero attached hydrogens (tertiary/aromatic N) is 4. The van der Waals surface area contributed by atoms with Crippen LogP contribution >= 0.6 is 15.9 Å². The standard InChI is InChI=1S/C37H37BrN4O3/c1-35(2,3)21-36(4,5)23-18-25(37(6,7)22-14-10-8-11-15-22)32(43)28(19-23)42-39-27-20-26(38)29-30(31(27)40-42)34(45)41(33(29)44)24-16-12-9-13-17-24/h8-20,43H,21H2,1-7H3. The molecule has 0 unspecified atom stereocenters. The van der Waals surface area contributed by atoms with Gasteiger partial charge in [0, 0.05) is 15.5 Å². The van der Waals surface area contributed by atoms with Crippen molar-refractivity contribution in [2.75, 3.05) is 4.90 Å². The summed E-state index contributed by atoms with van der Waals surface area (Å²) in [5.41, 5.74) is 4.15. The summed E-state index contributed by atoms with van der Waals surface area (Å²) in [7, 11) is 0. The van der Waals surface area contributed by atoms with Crippen molar-refractivity contribution < 1.29 is 14.7 Å². The van der Waals surface area contributed by atoms with Gasteiger partial charge in [0.1, 0.15) is 22.5 Å². The van der Waals surface area contributed by atoms with Gasteiger partial charge in [0.05, 0.1) is 16.8 Å². The van der Waals surface area contributed by atoms with Gasteiger partial charge in [0.2, 0.25) is 0 Å². The molecule has 1 N–H and O–H groups in total. The number of phenols is 1. The van der Waals surface area contributed by atoms with Crippen molar-refractivity contribution in [3.63, 3.8) is 0 Å². The van der Waals surface area contributed by atoms with E-state index < -0.39 is 17.2 Å². The van der Waals surface area contributed by atoms with Gasteiger partial charge >= 0.3 is 0 Å². The topological polar surface area (TPSA) is 88.3 Å². The number of imide groups is 1. The Bertz CT molecular complexity index is 1970. The highest BCUT2D eigenvalue weighted by Crippen LogP contribution is 2.45. The molecule has 5 aromatic rings. The van der Waals surface area contributed by atoms with E-state index in [0.717, 1.165) is 23.1 Å². The maximum absolute atomic E-state index is 13.8. The normalized spacial score (nSPS) is 14.0. The molecule has 0 atom stereocenters. The molecule has 1 aliphatic heterocycles. The number of carbonyl (C=O) groups excluding carboxylic acids is 2. The summed E-state index contributed by atoms with van der Waals surface area (Å²) >= 11 is 3.52. The Hall–Kier alpha value is -4.30. The first-order valence-electron chi connectivity index (χ1n) is 15.1. The van der Waals surface area contributed by atoms with Crippen LogP contribution in [0.5, 0.6) is 5.75 Å². The van der Waals surface area contributed by atoms with Gasteiger partial charge in [-0.25, -0.2) is 4.90 Å². The number of aromatic hydroxyl groups is 1. The second kappa shape index (κ2) is 10.7. The molecule has 0 saturated carbocycles. The Labute approximate surface area is 272 Å². The fourth-order valence-corrected chi connectivity index (χ4v) is 7.34. The molecule has 4 aromatic carbocycles. The minimum atomic E-state index is -0.552. The molecule has 6 rings (SSSR count). The molecular weight excluding hydrogens is 628 g/mol. The number of para-hydroxylation sites is 1. The number of hydrogen-bond donors (Lipinski definition) is 1. The fraction of sp³-hybridized carbons (Fsp3) is 0.297. The van der Waals surface area contributed by atoms with Crippen molar-refractivity contribution in [2.24, 2.45) is 5.41 Å². The minimum absolute atomic E-state index is 0.0552. The quantitative estimate of drug-likeness (QED) is 0.183. The van der Waals surface area contributed by atoms with E-state index in [2.05, 4.69) is 82.6 Å². The number of amides is 2. The molecule has 8 heteroatoms. The molecule has 2 heterocycles. The highest BCUT2D eigenvalue weighted by Gasteiger charge is 2.41. The van der Waals surface area contributed by atoms with Crippen LogP contribution in [0, 0.1) is 5.41 Å². The summed E-state index contributed by atoms with van der Waals surface area (Å²) in [6.07, 6.45) is 0.899. The van der Waals surface area contributed by atoms with E-state index in [0.29, 0.717) is 26.9 Å². The molecule has 2 amide bonds. The van der Waals surface area contributed by atoms with E-state index in [1.54, 1.807) is 30.3 Å². The number of carbonyl (C=O) groups is 2. The van der Waals surface area contributed by atoms with E-state index in [1.807, 2.05) is 30.3 Å². The van der Waals surface area contributed by atoms with E-state index >= 15 is 0 Å². The van der Waals surface area contributed by atoms with Crippen LogP contribution < -0.4 is 4.90 Å². The van der Waals surface area contributed by atoms with Crippen LogP contribution in [0.1, 0.15) is 92.3 Å². The van der Waals surface area contributed by atoms with Crippen molar-refractivity contribution in [3.05, 3.63) is 111 Å². The summed E-state index contributed by atoms with van der Waals surface area (Å²) in [6, 6.07) is 24.7. The maximum Gasteiger partial charge on any atom is 0.268 e. The van der Waals surface area contributed by atoms with Crippen molar-refractivity contribution in [1.29, 1.82) is 0 Å². The highest BCUT2D eigenvalue weighted by molar-refractivity contribution is 9.10. The Morgan fingerprint density at radius 3 is 1.98 bits per heavy atom. The van der Waals surface area contributed by atoms with Crippen LogP contribution in [0.15, 0.2) is 83.3 Å². The van der Waals surface area contributed by atoms with Crippen LogP contribution in [-0.2, 0) is 10.8 Å². The molecule has 1 aliphatic rings. The SMILES string of the molecule is CC(C)(C)CC(C)(C)c1cc(-n2nc3cc(Br)c4c(c3n2)C(=O)N(c2ccccc2)C4=O)c(O)c(C(C)(C)c2ccccc2)c1. The van der Waals surface area contributed by atoms with Crippen LogP contribution in [0.2, 0.25) is 0 Å². The molecule has 230 valence electrons. The lowest BCUT2D eigenvalue weighted by molar-refractivity contribution is 0.0926. The van der Waals surface area contributed by atoms with E-state index in [9.17, 15) is 14.7 Å². The van der Waals surface area contributed by atoms with Gasteiger partial charge in [-0.15, -0.1) is 15.0 Å². The molecule has 0 saturated heterocycles. The lowest BCUT2D eigenvalue weighted by Gasteiger charge is -2.35. The molecular formula is C37H37BrN4O3. The lowest BCUT2D eigenvalue weighted by atomic mass is 9.70. The second-order valence-corrected chi connectivity index (χ2v) is 15.1. The number of hydrogen-bond acceptors (Lipinski definition) is 5. The molecule has 0 aliphatic carbocycles. The number of fused-ring (bicyclic) bond motifs is 3. The third-order valence-electron chi connectivity index (χ3n) is 8.71. The van der Waals surface area contributed by atoms with Gasteiger partial charge in [0.15, 0.2) is 0 Å². The van der Waals surface area contributed by atoms with Crippen LogP contribution in [0.25, 0.3) is 16.7 Å². The van der Waals surface area contributed by atoms with Gasteiger partial charge in [-0.3, -0.25) is 9.59 Å². The first kappa shape index (κ1) is 30.7. The van der Waals surface area contributed by atoms with Gasteiger partial charge < -0.3 is 5.11 Å².